The standard InChI is InChI=1S/C23H18ClN3O3/c24-17-11-12-19-18(13-17)20(16-9-5-2-6-10-16)26-21(22(28)25-19)27-23(29)30-14-15-7-3-1-4-8-15/h1-13,21H,14H2,(H,25,28)(H,27,29)/t21-/m0/s1. The van der Waals surface area contributed by atoms with Gasteiger partial charge in [0.25, 0.3) is 5.91 Å². The van der Waals surface area contributed by atoms with E-state index in [1.807, 2.05) is 60.7 Å². The third-order valence-corrected chi connectivity index (χ3v) is 4.75. The van der Waals surface area contributed by atoms with Crippen molar-refractivity contribution in [2.75, 3.05) is 5.32 Å². The lowest BCUT2D eigenvalue weighted by Gasteiger charge is -2.13. The van der Waals surface area contributed by atoms with E-state index in [0.29, 0.717) is 22.0 Å². The largest absolute Gasteiger partial charge is 0.445 e. The average Bonchev–Trinajstić information content (AvgIpc) is 2.90. The zero-order valence-corrected chi connectivity index (χ0v) is 16.6. The third kappa shape index (κ3) is 4.50. The molecule has 2 amide bonds. The van der Waals surface area contributed by atoms with Crippen LogP contribution >= 0.6 is 11.6 Å². The molecule has 6 nitrogen and oxygen atoms in total. The van der Waals surface area contributed by atoms with E-state index >= 15 is 0 Å². The van der Waals surface area contributed by atoms with Crippen molar-refractivity contribution in [1.29, 1.82) is 0 Å². The Morgan fingerprint density at radius 2 is 1.73 bits per heavy atom. The molecule has 30 heavy (non-hydrogen) atoms. The Bertz CT molecular complexity index is 1100. The number of benzene rings is 3. The normalized spacial score (nSPS) is 15.3. The number of fused-ring (bicyclic) bond motifs is 1. The molecule has 0 radical (unpaired) electrons. The molecule has 0 aliphatic carbocycles. The first-order valence-corrected chi connectivity index (χ1v) is 9.69. The number of anilines is 1. The van der Waals surface area contributed by atoms with Crippen molar-refractivity contribution in [3.63, 3.8) is 0 Å². The fourth-order valence-electron chi connectivity index (χ4n) is 3.08. The number of benzodiazepines with no additional fused rings is 1. The lowest BCUT2D eigenvalue weighted by molar-refractivity contribution is -0.117. The second kappa shape index (κ2) is 8.80. The van der Waals surface area contributed by atoms with Crippen LogP contribution in [0.3, 0.4) is 0 Å². The number of ether oxygens (including phenoxy) is 1. The van der Waals surface area contributed by atoms with E-state index < -0.39 is 18.2 Å². The highest BCUT2D eigenvalue weighted by Crippen LogP contribution is 2.27. The van der Waals surface area contributed by atoms with Crippen LogP contribution in [0.2, 0.25) is 5.02 Å². The highest BCUT2D eigenvalue weighted by molar-refractivity contribution is 6.32. The van der Waals surface area contributed by atoms with Crippen LogP contribution in [-0.2, 0) is 16.1 Å². The van der Waals surface area contributed by atoms with Crippen molar-refractivity contribution < 1.29 is 14.3 Å². The molecule has 1 heterocycles. The van der Waals surface area contributed by atoms with E-state index in [-0.39, 0.29) is 6.61 Å². The summed E-state index contributed by atoms with van der Waals surface area (Å²) in [6.45, 7) is 0.0894. The molecule has 4 rings (SSSR count). The number of halogens is 1. The Morgan fingerprint density at radius 1 is 1.03 bits per heavy atom. The summed E-state index contributed by atoms with van der Waals surface area (Å²) in [7, 11) is 0. The number of amides is 2. The molecule has 1 atom stereocenters. The predicted molar refractivity (Wildman–Crippen MR) is 116 cm³/mol. The van der Waals surface area contributed by atoms with Crippen molar-refractivity contribution in [2.24, 2.45) is 4.99 Å². The summed E-state index contributed by atoms with van der Waals surface area (Å²) < 4.78 is 5.24. The molecule has 0 saturated carbocycles. The van der Waals surface area contributed by atoms with Crippen LogP contribution in [0.4, 0.5) is 10.5 Å². The molecule has 2 N–H and O–H groups in total. The molecule has 150 valence electrons. The number of hydrogen-bond acceptors (Lipinski definition) is 4. The van der Waals surface area contributed by atoms with Crippen LogP contribution in [0.1, 0.15) is 16.7 Å². The van der Waals surface area contributed by atoms with Gasteiger partial charge < -0.3 is 10.1 Å². The minimum Gasteiger partial charge on any atom is -0.445 e. The van der Waals surface area contributed by atoms with Crippen molar-refractivity contribution in [3.05, 3.63) is 101 Å². The van der Waals surface area contributed by atoms with Crippen LogP contribution in [0, 0.1) is 0 Å². The number of nitrogens with zero attached hydrogens (tertiary/aromatic N) is 1. The fourth-order valence-corrected chi connectivity index (χ4v) is 3.25. The van der Waals surface area contributed by atoms with Gasteiger partial charge in [0, 0.05) is 16.1 Å². The number of nitrogens with one attached hydrogen (secondary N) is 2. The lowest BCUT2D eigenvalue weighted by atomic mass is 10.0. The van der Waals surface area contributed by atoms with Gasteiger partial charge in [0.1, 0.15) is 6.61 Å². The Morgan fingerprint density at radius 3 is 2.47 bits per heavy atom. The minimum absolute atomic E-state index is 0.0894. The first-order chi connectivity index (χ1) is 14.6. The van der Waals surface area contributed by atoms with Crippen molar-refractivity contribution >= 4 is 35.0 Å². The zero-order chi connectivity index (χ0) is 20.9. The van der Waals surface area contributed by atoms with Gasteiger partial charge in [-0.1, -0.05) is 72.3 Å². The van der Waals surface area contributed by atoms with E-state index in [2.05, 4.69) is 15.6 Å². The van der Waals surface area contributed by atoms with Crippen molar-refractivity contribution in [1.82, 2.24) is 5.32 Å². The SMILES string of the molecule is O=C(N[C@@H]1N=C(c2ccccc2)c2cc(Cl)ccc2NC1=O)OCc1ccccc1. The van der Waals surface area contributed by atoms with Crippen LogP contribution in [0.15, 0.2) is 83.9 Å². The number of alkyl carbamates (subject to hydrolysis) is 1. The summed E-state index contributed by atoms with van der Waals surface area (Å²) in [4.78, 5) is 29.6. The Labute approximate surface area is 178 Å². The molecule has 1 aliphatic rings. The molecule has 0 spiro atoms. The molecular formula is C23H18ClN3O3. The molecule has 3 aromatic rings. The summed E-state index contributed by atoms with van der Waals surface area (Å²) in [5.41, 5.74) is 3.41. The summed E-state index contributed by atoms with van der Waals surface area (Å²) in [6.07, 6.45) is -1.89. The highest BCUT2D eigenvalue weighted by Gasteiger charge is 2.27. The Hall–Kier alpha value is -3.64. The van der Waals surface area contributed by atoms with Gasteiger partial charge in [0.15, 0.2) is 0 Å². The van der Waals surface area contributed by atoms with Crippen LogP contribution < -0.4 is 10.6 Å². The topological polar surface area (TPSA) is 79.8 Å². The molecule has 3 aromatic carbocycles. The average molecular weight is 420 g/mol. The predicted octanol–water partition coefficient (Wildman–Crippen LogP) is 4.38. The monoisotopic (exact) mass is 419 g/mol. The molecular weight excluding hydrogens is 402 g/mol. The van der Waals surface area contributed by atoms with Crippen LogP contribution in [0.25, 0.3) is 0 Å². The second-order valence-electron chi connectivity index (χ2n) is 6.63. The molecule has 0 aromatic heterocycles. The van der Waals surface area contributed by atoms with Gasteiger partial charge in [-0.15, -0.1) is 0 Å². The number of rotatable bonds is 4. The lowest BCUT2D eigenvalue weighted by Crippen LogP contribution is -2.42. The molecule has 0 bridgehead atoms. The highest BCUT2D eigenvalue weighted by atomic mass is 35.5. The minimum atomic E-state index is -1.16. The molecule has 0 unspecified atom stereocenters. The number of hydrogen-bond donors (Lipinski definition) is 2. The van der Waals surface area contributed by atoms with E-state index in [9.17, 15) is 9.59 Å². The molecule has 0 fully saturated rings. The first kappa shape index (κ1) is 19.7. The maximum atomic E-state index is 12.7. The van der Waals surface area contributed by atoms with E-state index in [1.165, 1.54) is 0 Å². The summed E-state index contributed by atoms with van der Waals surface area (Å²) in [6, 6.07) is 23.8. The van der Waals surface area contributed by atoms with Gasteiger partial charge in [-0.2, -0.15) is 0 Å². The van der Waals surface area contributed by atoms with Crippen LogP contribution in [0.5, 0.6) is 0 Å². The number of carbonyl (C=O) groups excluding carboxylic acids is 2. The summed E-state index contributed by atoms with van der Waals surface area (Å²) in [5.74, 6) is -0.471. The second-order valence-corrected chi connectivity index (χ2v) is 7.07. The van der Waals surface area contributed by atoms with Gasteiger partial charge >= 0.3 is 6.09 Å². The van der Waals surface area contributed by atoms with Gasteiger partial charge in [-0.3, -0.25) is 10.1 Å². The smallest absolute Gasteiger partial charge is 0.409 e. The summed E-state index contributed by atoms with van der Waals surface area (Å²) >= 11 is 6.18. The van der Waals surface area contributed by atoms with Gasteiger partial charge in [0.05, 0.1) is 11.4 Å². The summed E-state index contributed by atoms with van der Waals surface area (Å²) in [5, 5.41) is 5.84. The maximum absolute atomic E-state index is 12.7. The van der Waals surface area contributed by atoms with E-state index in [1.54, 1.807) is 18.2 Å². The first-order valence-electron chi connectivity index (χ1n) is 9.31. The van der Waals surface area contributed by atoms with Crippen LogP contribution in [-0.4, -0.2) is 23.9 Å². The van der Waals surface area contributed by atoms with E-state index in [4.69, 9.17) is 16.3 Å². The third-order valence-electron chi connectivity index (χ3n) is 4.52. The molecule has 7 heteroatoms. The molecule has 0 saturated heterocycles. The van der Waals surface area contributed by atoms with Gasteiger partial charge in [-0.25, -0.2) is 9.79 Å². The fraction of sp³-hybridized carbons (Fsp3) is 0.0870. The maximum Gasteiger partial charge on any atom is 0.409 e. The van der Waals surface area contributed by atoms with Crippen molar-refractivity contribution in [3.8, 4) is 0 Å². The Balaban J connectivity index is 1.61. The quantitative estimate of drug-likeness (QED) is 0.658. The number of aliphatic imine (C=N–C) groups is 1. The van der Waals surface area contributed by atoms with Gasteiger partial charge in [0.2, 0.25) is 6.17 Å². The molecule has 1 aliphatic heterocycles. The van der Waals surface area contributed by atoms with E-state index in [0.717, 1.165) is 11.1 Å². The zero-order valence-electron chi connectivity index (χ0n) is 15.8. The number of carbonyl (C=O) groups is 2. The Kier molecular flexibility index (Phi) is 5.77. The van der Waals surface area contributed by atoms with Gasteiger partial charge in [-0.05, 0) is 23.8 Å². The van der Waals surface area contributed by atoms with Crippen molar-refractivity contribution in [2.45, 2.75) is 12.8 Å².